The van der Waals surface area contributed by atoms with E-state index in [0.29, 0.717) is 19.7 Å². The van der Waals surface area contributed by atoms with E-state index in [4.69, 9.17) is 4.74 Å². The highest BCUT2D eigenvalue weighted by Crippen LogP contribution is 2.13. The Morgan fingerprint density at radius 2 is 2.60 bits per heavy atom. The Morgan fingerprint density at radius 1 is 1.73 bits per heavy atom. The molecule has 1 aliphatic heterocycles. The molecule has 2 rings (SSSR count). The predicted molar refractivity (Wildman–Crippen MR) is 63.8 cm³/mol. The van der Waals surface area contributed by atoms with Crippen LogP contribution >= 0.6 is 27.3 Å². The average molecular weight is 290 g/mol. The molecule has 0 radical (unpaired) electrons. The van der Waals surface area contributed by atoms with Gasteiger partial charge in [0.15, 0.2) is 0 Å². The van der Waals surface area contributed by atoms with Crippen LogP contribution in [0.25, 0.3) is 0 Å². The summed E-state index contributed by atoms with van der Waals surface area (Å²) in [5, 5.41) is 4.59. The molecule has 1 saturated heterocycles. The Balaban J connectivity index is 2.01. The third-order valence-electron chi connectivity index (χ3n) is 2.37. The van der Waals surface area contributed by atoms with Crippen LogP contribution in [-0.2, 0) is 4.74 Å². The van der Waals surface area contributed by atoms with Gasteiger partial charge in [0, 0.05) is 23.8 Å². The van der Waals surface area contributed by atoms with Crippen molar-refractivity contribution in [1.29, 1.82) is 0 Å². The van der Waals surface area contributed by atoms with Crippen LogP contribution < -0.4 is 0 Å². The molecule has 1 amide bonds. The zero-order chi connectivity index (χ0) is 10.7. The minimum atomic E-state index is 0.116. The van der Waals surface area contributed by atoms with E-state index in [0.717, 1.165) is 10.9 Å². The highest BCUT2D eigenvalue weighted by molar-refractivity contribution is 9.09. The van der Waals surface area contributed by atoms with Gasteiger partial charge < -0.3 is 9.64 Å². The zero-order valence-electron chi connectivity index (χ0n) is 8.19. The predicted octanol–water partition coefficient (Wildman–Crippen LogP) is 1.98. The van der Waals surface area contributed by atoms with Crippen LogP contribution in [0.2, 0.25) is 0 Å². The van der Waals surface area contributed by atoms with Crippen LogP contribution in [-0.4, -0.2) is 41.9 Å². The molecule has 2 heterocycles. The maximum Gasteiger partial charge on any atom is 0.254 e. The molecular weight excluding hydrogens is 278 g/mol. The van der Waals surface area contributed by atoms with E-state index in [2.05, 4.69) is 15.9 Å². The number of hydrogen-bond donors (Lipinski definition) is 0. The summed E-state index contributed by atoms with van der Waals surface area (Å²) in [4.78, 5) is 13.8. The molecule has 0 N–H and O–H groups in total. The molecule has 0 bridgehead atoms. The van der Waals surface area contributed by atoms with Gasteiger partial charge in [-0.05, 0) is 11.4 Å². The Bertz CT molecular complexity index is 328. The van der Waals surface area contributed by atoms with E-state index < -0.39 is 0 Å². The van der Waals surface area contributed by atoms with Crippen molar-refractivity contribution in [2.24, 2.45) is 0 Å². The second kappa shape index (κ2) is 5.09. The van der Waals surface area contributed by atoms with Crippen molar-refractivity contribution in [3.63, 3.8) is 0 Å². The number of hydrogen-bond acceptors (Lipinski definition) is 3. The van der Waals surface area contributed by atoms with E-state index in [1.54, 1.807) is 11.3 Å². The topological polar surface area (TPSA) is 29.5 Å². The molecule has 0 aromatic carbocycles. The van der Waals surface area contributed by atoms with Crippen molar-refractivity contribution in [2.45, 2.75) is 6.10 Å². The quantitative estimate of drug-likeness (QED) is 0.780. The zero-order valence-corrected chi connectivity index (χ0v) is 10.6. The fourth-order valence-electron chi connectivity index (χ4n) is 1.57. The van der Waals surface area contributed by atoms with Crippen LogP contribution in [0.4, 0.5) is 0 Å². The summed E-state index contributed by atoms with van der Waals surface area (Å²) in [6, 6.07) is 1.87. The van der Waals surface area contributed by atoms with Crippen LogP contribution in [0.3, 0.4) is 0 Å². The lowest BCUT2D eigenvalue weighted by atomic mass is 10.2. The number of halogens is 1. The molecule has 1 aromatic heterocycles. The smallest absolute Gasteiger partial charge is 0.254 e. The fourth-order valence-corrected chi connectivity index (χ4v) is 2.59. The lowest BCUT2D eigenvalue weighted by Crippen LogP contribution is -2.46. The molecule has 1 fully saturated rings. The van der Waals surface area contributed by atoms with E-state index in [1.165, 1.54) is 0 Å². The monoisotopic (exact) mass is 289 g/mol. The number of thiophene rings is 1. The van der Waals surface area contributed by atoms with Gasteiger partial charge in [-0.15, -0.1) is 0 Å². The molecule has 1 unspecified atom stereocenters. The van der Waals surface area contributed by atoms with Crippen molar-refractivity contribution >= 4 is 33.2 Å². The van der Waals surface area contributed by atoms with Crippen molar-refractivity contribution < 1.29 is 9.53 Å². The molecule has 82 valence electrons. The summed E-state index contributed by atoms with van der Waals surface area (Å²) in [5.41, 5.74) is 0.787. The first-order valence-corrected chi connectivity index (χ1v) is 6.86. The molecule has 1 atom stereocenters. The maximum atomic E-state index is 12.0. The van der Waals surface area contributed by atoms with Gasteiger partial charge in [0.1, 0.15) is 0 Å². The van der Waals surface area contributed by atoms with Gasteiger partial charge in [-0.1, -0.05) is 15.9 Å². The summed E-state index contributed by atoms with van der Waals surface area (Å²) < 4.78 is 5.49. The highest BCUT2D eigenvalue weighted by atomic mass is 79.9. The minimum Gasteiger partial charge on any atom is -0.374 e. The van der Waals surface area contributed by atoms with Crippen molar-refractivity contribution in [2.75, 3.05) is 25.0 Å². The lowest BCUT2D eigenvalue weighted by Gasteiger charge is -2.31. The second-order valence-corrected chi connectivity index (χ2v) is 4.84. The van der Waals surface area contributed by atoms with Crippen LogP contribution in [0.1, 0.15) is 10.4 Å². The van der Waals surface area contributed by atoms with Gasteiger partial charge in [0.2, 0.25) is 0 Å². The van der Waals surface area contributed by atoms with Crippen LogP contribution in [0, 0.1) is 0 Å². The van der Waals surface area contributed by atoms with Gasteiger partial charge in [-0.2, -0.15) is 11.3 Å². The molecule has 0 spiro atoms. The molecule has 1 aliphatic rings. The van der Waals surface area contributed by atoms with E-state index in [-0.39, 0.29) is 12.0 Å². The normalized spacial score (nSPS) is 21.7. The van der Waals surface area contributed by atoms with Gasteiger partial charge in [0.25, 0.3) is 5.91 Å². The first-order valence-electron chi connectivity index (χ1n) is 4.80. The van der Waals surface area contributed by atoms with E-state index >= 15 is 0 Å². The highest BCUT2D eigenvalue weighted by Gasteiger charge is 2.24. The van der Waals surface area contributed by atoms with Gasteiger partial charge in [-0.3, -0.25) is 4.79 Å². The number of amides is 1. The first-order chi connectivity index (χ1) is 7.31. The third kappa shape index (κ3) is 2.59. The summed E-state index contributed by atoms with van der Waals surface area (Å²) >= 11 is 4.93. The molecular formula is C10H12BrNO2S. The minimum absolute atomic E-state index is 0.116. The number of alkyl halides is 1. The number of ether oxygens (including phenoxy) is 1. The molecule has 15 heavy (non-hydrogen) atoms. The van der Waals surface area contributed by atoms with Crippen LogP contribution in [0.15, 0.2) is 16.8 Å². The van der Waals surface area contributed by atoms with Gasteiger partial charge >= 0.3 is 0 Å². The SMILES string of the molecule is O=C(c1ccsc1)N1CCOC(CBr)C1. The van der Waals surface area contributed by atoms with Gasteiger partial charge in [-0.25, -0.2) is 0 Å². The van der Waals surface area contributed by atoms with Crippen LogP contribution in [0.5, 0.6) is 0 Å². The number of carbonyl (C=O) groups is 1. The number of nitrogens with zero attached hydrogens (tertiary/aromatic N) is 1. The second-order valence-electron chi connectivity index (χ2n) is 3.41. The van der Waals surface area contributed by atoms with Crippen molar-refractivity contribution in [1.82, 2.24) is 4.90 Å². The van der Waals surface area contributed by atoms with E-state index in [9.17, 15) is 4.79 Å². The largest absolute Gasteiger partial charge is 0.374 e. The van der Waals surface area contributed by atoms with E-state index in [1.807, 2.05) is 21.7 Å². The number of rotatable bonds is 2. The molecule has 1 aromatic rings. The number of morpholine rings is 1. The standard InChI is InChI=1S/C10H12BrNO2S/c11-5-9-6-12(2-3-14-9)10(13)8-1-4-15-7-8/h1,4,7,9H,2-3,5-6H2. The summed E-state index contributed by atoms with van der Waals surface area (Å²) in [6.07, 6.45) is 0.126. The van der Waals surface area contributed by atoms with Crippen molar-refractivity contribution in [3.05, 3.63) is 22.4 Å². The Morgan fingerprint density at radius 3 is 3.27 bits per heavy atom. The summed E-state index contributed by atoms with van der Waals surface area (Å²) in [6.45, 7) is 2.00. The third-order valence-corrected chi connectivity index (χ3v) is 3.77. The Kier molecular flexibility index (Phi) is 3.77. The number of carbonyl (C=O) groups excluding carboxylic acids is 1. The first kappa shape index (κ1) is 11.1. The average Bonchev–Trinajstić information content (AvgIpc) is 2.81. The van der Waals surface area contributed by atoms with Crippen molar-refractivity contribution in [3.8, 4) is 0 Å². The summed E-state index contributed by atoms with van der Waals surface area (Å²) in [5.74, 6) is 0.116. The molecule has 0 aliphatic carbocycles. The Labute approximate surface area is 101 Å². The molecule has 5 heteroatoms. The fraction of sp³-hybridized carbons (Fsp3) is 0.500. The molecule has 0 saturated carbocycles. The summed E-state index contributed by atoms with van der Waals surface area (Å²) in [7, 11) is 0. The lowest BCUT2D eigenvalue weighted by molar-refractivity contribution is -0.00962. The maximum absolute atomic E-state index is 12.0. The van der Waals surface area contributed by atoms with Gasteiger partial charge in [0.05, 0.1) is 18.3 Å². The Hall–Kier alpha value is -0.390. The molecule has 3 nitrogen and oxygen atoms in total.